The van der Waals surface area contributed by atoms with Crippen LogP contribution in [0.25, 0.3) is 0 Å². The van der Waals surface area contributed by atoms with Gasteiger partial charge in [-0.05, 0) is 18.6 Å². The molecule has 0 radical (unpaired) electrons. The summed E-state index contributed by atoms with van der Waals surface area (Å²) in [5.41, 5.74) is 0.0679. The zero-order chi connectivity index (χ0) is 15.7. The number of hydrogen-bond donors (Lipinski definition) is 3. The van der Waals surface area contributed by atoms with Crippen molar-refractivity contribution in [3.63, 3.8) is 0 Å². The van der Waals surface area contributed by atoms with E-state index in [-0.39, 0.29) is 30.7 Å². The Labute approximate surface area is 142 Å². The fraction of sp³-hybridized carbons (Fsp3) is 0.467. The van der Waals surface area contributed by atoms with Crippen LogP contribution in [0.1, 0.15) is 49.4 Å². The van der Waals surface area contributed by atoms with Gasteiger partial charge in [0.2, 0.25) is 0 Å². The number of nitrogens with one attached hydrogen (secondary N) is 1. The molecule has 0 saturated heterocycles. The molecule has 1 aromatic carbocycles. The summed E-state index contributed by atoms with van der Waals surface area (Å²) in [7, 11) is 0. The molecule has 0 spiro atoms. The molecule has 0 bridgehead atoms. The fourth-order valence-corrected chi connectivity index (χ4v) is 1.81. The number of hydrogen-bond acceptors (Lipinski definition) is 4. The van der Waals surface area contributed by atoms with Crippen LogP contribution in [0, 0.1) is 0 Å². The average molecular weight is 361 g/mol. The molecular weight excluding hydrogens is 340 g/mol. The summed E-state index contributed by atoms with van der Waals surface area (Å²) in [6.45, 7) is 2.48. The van der Waals surface area contributed by atoms with E-state index in [4.69, 9.17) is 9.84 Å². The van der Waals surface area contributed by atoms with E-state index in [0.29, 0.717) is 6.61 Å². The van der Waals surface area contributed by atoms with Crippen molar-refractivity contribution in [2.45, 2.75) is 39.0 Å². The maximum absolute atomic E-state index is 11.5. The summed E-state index contributed by atoms with van der Waals surface area (Å²) >= 11 is 0. The van der Waals surface area contributed by atoms with Crippen LogP contribution in [0.15, 0.2) is 18.2 Å². The number of carboxylic acids is 1. The Hall–Kier alpha value is -1.62. The Balaban J connectivity index is 0.00000441. The molecule has 118 valence electrons. The second-order valence-corrected chi connectivity index (χ2v) is 4.71. The number of rotatable bonds is 8. The molecule has 7 heteroatoms. The minimum Gasteiger partial charge on any atom is -0.507 e. The number of aromatic hydroxyl groups is 1. The van der Waals surface area contributed by atoms with Gasteiger partial charge in [0, 0.05) is 31.2 Å². The van der Waals surface area contributed by atoms with Gasteiger partial charge in [-0.3, -0.25) is 5.32 Å². The molecule has 0 aliphatic heterocycles. The first-order chi connectivity index (χ1) is 10.0. The minimum atomic E-state index is -1.23. The Kier molecular flexibility index (Phi) is 10.2. The van der Waals surface area contributed by atoms with E-state index in [1.54, 1.807) is 0 Å². The van der Waals surface area contributed by atoms with E-state index in [2.05, 4.69) is 12.2 Å². The molecule has 0 aliphatic carbocycles. The number of amides is 1. The first-order valence-corrected chi connectivity index (χ1v) is 7.04. The number of unbranched alkanes of at least 4 members (excludes halogenated alkanes) is 4. The zero-order valence-corrected chi connectivity index (χ0v) is 15.8. The first kappa shape index (κ1) is 20.4. The maximum Gasteiger partial charge on any atom is 0.411 e. The van der Waals surface area contributed by atoms with Crippen LogP contribution in [-0.4, -0.2) is 28.9 Å². The van der Waals surface area contributed by atoms with E-state index in [9.17, 15) is 14.7 Å². The van der Waals surface area contributed by atoms with E-state index in [0.717, 1.165) is 25.7 Å². The summed E-state index contributed by atoms with van der Waals surface area (Å²) in [6.07, 6.45) is 4.70. The predicted molar refractivity (Wildman–Crippen MR) is 78.8 cm³/mol. The van der Waals surface area contributed by atoms with Crippen molar-refractivity contribution in [3.8, 4) is 5.75 Å². The van der Waals surface area contributed by atoms with Crippen molar-refractivity contribution in [2.75, 3.05) is 11.9 Å². The molecule has 0 fully saturated rings. The number of ether oxygens (including phenoxy) is 1. The molecule has 1 aromatic rings. The van der Waals surface area contributed by atoms with Gasteiger partial charge in [0.1, 0.15) is 11.3 Å². The summed E-state index contributed by atoms with van der Waals surface area (Å²) < 4.78 is 5.00. The average Bonchev–Trinajstić information content (AvgIpc) is 2.42. The smallest absolute Gasteiger partial charge is 0.411 e. The van der Waals surface area contributed by atoms with Gasteiger partial charge in [-0.25, -0.2) is 9.59 Å². The second-order valence-electron chi connectivity index (χ2n) is 4.71. The standard InChI is InChI=1S/C15H21NO5.Zn/c1-2-3-4-5-6-9-21-15(20)16-11-7-8-12(14(18)19)13(17)10-11;/h7-8,10,17H,2-6,9H2,1H3,(H,16,20)(H,18,19);. The second kappa shape index (κ2) is 11.0. The fourth-order valence-electron chi connectivity index (χ4n) is 1.81. The molecule has 0 saturated carbocycles. The van der Waals surface area contributed by atoms with Crippen molar-refractivity contribution < 1.29 is 44.0 Å². The number of phenols is 1. The van der Waals surface area contributed by atoms with Crippen LogP contribution in [0.3, 0.4) is 0 Å². The van der Waals surface area contributed by atoms with Gasteiger partial charge in [-0.15, -0.1) is 0 Å². The van der Waals surface area contributed by atoms with E-state index < -0.39 is 17.8 Å². The molecular formula is C15H21NO5Zn. The molecule has 0 aromatic heterocycles. The summed E-state index contributed by atoms with van der Waals surface area (Å²) in [6, 6.07) is 3.79. The van der Waals surface area contributed by atoms with Crippen LogP contribution < -0.4 is 5.32 Å². The molecule has 1 amide bonds. The Morgan fingerprint density at radius 1 is 1.18 bits per heavy atom. The van der Waals surface area contributed by atoms with Crippen molar-refractivity contribution in [1.82, 2.24) is 0 Å². The van der Waals surface area contributed by atoms with Crippen molar-refractivity contribution in [2.24, 2.45) is 0 Å². The third-order valence-corrected chi connectivity index (χ3v) is 2.96. The van der Waals surface area contributed by atoms with Gasteiger partial charge in [0.15, 0.2) is 0 Å². The van der Waals surface area contributed by atoms with Crippen molar-refractivity contribution >= 4 is 17.7 Å². The van der Waals surface area contributed by atoms with E-state index in [1.807, 2.05) is 0 Å². The van der Waals surface area contributed by atoms with Crippen LogP contribution >= 0.6 is 0 Å². The predicted octanol–water partition coefficient (Wildman–Crippen LogP) is 3.61. The molecule has 6 nitrogen and oxygen atoms in total. The molecule has 0 heterocycles. The molecule has 22 heavy (non-hydrogen) atoms. The number of benzene rings is 1. The maximum atomic E-state index is 11.5. The molecule has 1 rings (SSSR count). The minimum absolute atomic E-state index is 0. The topological polar surface area (TPSA) is 95.9 Å². The van der Waals surface area contributed by atoms with Gasteiger partial charge >= 0.3 is 12.1 Å². The number of carbonyl (C=O) groups is 2. The van der Waals surface area contributed by atoms with Gasteiger partial charge in [0.25, 0.3) is 0 Å². The molecule has 3 N–H and O–H groups in total. The van der Waals surface area contributed by atoms with E-state index in [1.165, 1.54) is 24.6 Å². The van der Waals surface area contributed by atoms with Gasteiger partial charge in [-0.1, -0.05) is 32.6 Å². The third kappa shape index (κ3) is 7.41. The summed E-state index contributed by atoms with van der Waals surface area (Å²) in [5, 5.41) is 20.7. The van der Waals surface area contributed by atoms with Gasteiger partial charge in [-0.2, -0.15) is 0 Å². The Morgan fingerprint density at radius 2 is 1.86 bits per heavy atom. The summed E-state index contributed by atoms with van der Waals surface area (Å²) in [5.74, 6) is -1.63. The normalized spacial score (nSPS) is 9.68. The van der Waals surface area contributed by atoms with Crippen LogP contribution in [-0.2, 0) is 24.2 Å². The largest absolute Gasteiger partial charge is 0.507 e. The molecule has 0 unspecified atom stereocenters. The molecule has 0 atom stereocenters. The Morgan fingerprint density at radius 3 is 2.45 bits per heavy atom. The summed E-state index contributed by atoms with van der Waals surface area (Å²) in [4.78, 5) is 22.2. The first-order valence-electron chi connectivity index (χ1n) is 7.04. The van der Waals surface area contributed by atoms with Gasteiger partial charge < -0.3 is 14.9 Å². The van der Waals surface area contributed by atoms with Crippen molar-refractivity contribution in [1.29, 1.82) is 0 Å². The van der Waals surface area contributed by atoms with Crippen LogP contribution in [0.4, 0.5) is 10.5 Å². The quantitative estimate of drug-likeness (QED) is 0.486. The SMILES string of the molecule is CCCCCCCOC(=O)Nc1ccc(C(=O)O)c(O)c1.[Zn]. The number of carboxylic acid groups (broad SMARTS) is 1. The van der Waals surface area contributed by atoms with Crippen molar-refractivity contribution in [3.05, 3.63) is 23.8 Å². The van der Waals surface area contributed by atoms with Gasteiger partial charge in [0.05, 0.1) is 6.61 Å². The number of aromatic carboxylic acids is 1. The van der Waals surface area contributed by atoms with Crippen LogP contribution in [0.5, 0.6) is 5.75 Å². The third-order valence-electron chi connectivity index (χ3n) is 2.96. The monoisotopic (exact) mass is 359 g/mol. The Bertz CT molecular complexity index is 493. The molecule has 0 aliphatic rings. The zero-order valence-electron chi connectivity index (χ0n) is 12.8. The van der Waals surface area contributed by atoms with Crippen LogP contribution in [0.2, 0.25) is 0 Å². The number of anilines is 1. The number of carbonyl (C=O) groups excluding carboxylic acids is 1. The van der Waals surface area contributed by atoms with E-state index >= 15 is 0 Å².